The Morgan fingerprint density at radius 2 is 1.46 bits per heavy atom. The molecule has 2 rings (SSSR count). The number of nitriles is 2. The lowest BCUT2D eigenvalue weighted by molar-refractivity contribution is 1.07. The SMILES string of the molecule is C=C(Sc1ccccc1)C(=CN/C(C#N)=C(\N)C#N)Sc1ccccc1. The quantitative estimate of drug-likeness (QED) is 0.413. The minimum absolute atomic E-state index is 0.0103. The highest BCUT2D eigenvalue weighted by Gasteiger charge is 2.09. The van der Waals surface area contributed by atoms with Gasteiger partial charge in [-0.15, -0.1) is 0 Å². The van der Waals surface area contributed by atoms with Gasteiger partial charge in [0.1, 0.15) is 17.8 Å². The third-order valence-electron chi connectivity index (χ3n) is 3.08. The van der Waals surface area contributed by atoms with Crippen LogP contribution >= 0.6 is 23.5 Å². The van der Waals surface area contributed by atoms with E-state index in [0.717, 1.165) is 19.6 Å². The standard InChI is InChI=1S/C20H16N4S2/c1-15(25-16-8-4-2-5-9-16)20(26-17-10-6-3-7-11-17)14-24-19(13-22)18(23)12-21/h2-11,14,24H,1,23H2/b19-18-,20-14?. The van der Waals surface area contributed by atoms with Crippen LogP contribution in [0, 0.1) is 22.7 Å². The third kappa shape index (κ3) is 5.78. The highest BCUT2D eigenvalue weighted by Crippen LogP contribution is 2.38. The molecule has 4 nitrogen and oxygen atoms in total. The zero-order chi connectivity index (χ0) is 18.8. The minimum Gasteiger partial charge on any atom is -0.388 e. The second-order valence-corrected chi connectivity index (χ2v) is 7.20. The molecule has 0 aliphatic heterocycles. The Hall–Kier alpha value is -3.06. The van der Waals surface area contributed by atoms with Gasteiger partial charge in [0.15, 0.2) is 5.70 Å². The zero-order valence-electron chi connectivity index (χ0n) is 13.8. The van der Waals surface area contributed by atoms with Gasteiger partial charge >= 0.3 is 0 Å². The van der Waals surface area contributed by atoms with Crippen LogP contribution in [-0.2, 0) is 0 Å². The van der Waals surface area contributed by atoms with Gasteiger partial charge in [-0.1, -0.05) is 66.5 Å². The molecule has 0 aliphatic carbocycles. The van der Waals surface area contributed by atoms with Crippen LogP contribution in [-0.4, -0.2) is 0 Å². The van der Waals surface area contributed by atoms with Crippen molar-refractivity contribution in [2.24, 2.45) is 5.73 Å². The maximum absolute atomic E-state index is 9.14. The molecule has 0 aliphatic rings. The Balaban J connectivity index is 2.26. The van der Waals surface area contributed by atoms with E-state index in [4.69, 9.17) is 16.3 Å². The van der Waals surface area contributed by atoms with Crippen molar-refractivity contribution in [2.75, 3.05) is 0 Å². The molecular formula is C20H16N4S2. The summed E-state index contributed by atoms with van der Waals surface area (Å²) in [6.07, 6.45) is 1.65. The van der Waals surface area contributed by atoms with Gasteiger partial charge < -0.3 is 11.1 Å². The topological polar surface area (TPSA) is 85.6 Å². The predicted octanol–water partition coefficient (Wildman–Crippen LogP) is 4.73. The molecule has 0 bridgehead atoms. The molecule has 0 saturated carbocycles. The maximum atomic E-state index is 9.14. The second-order valence-electron chi connectivity index (χ2n) is 4.92. The van der Waals surface area contributed by atoms with Crippen LogP contribution in [0.2, 0.25) is 0 Å². The summed E-state index contributed by atoms with van der Waals surface area (Å²) < 4.78 is 0. The van der Waals surface area contributed by atoms with Crippen molar-refractivity contribution in [2.45, 2.75) is 9.79 Å². The van der Waals surface area contributed by atoms with Gasteiger partial charge in [-0.25, -0.2) is 0 Å². The Kier molecular flexibility index (Phi) is 7.45. The average molecular weight is 377 g/mol. The van der Waals surface area contributed by atoms with Crippen LogP contribution in [0.5, 0.6) is 0 Å². The van der Waals surface area contributed by atoms with Crippen molar-refractivity contribution in [1.29, 1.82) is 10.5 Å². The van der Waals surface area contributed by atoms with Gasteiger partial charge in [0, 0.05) is 25.8 Å². The van der Waals surface area contributed by atoms with Gasteiger partial charge in [-0.2, -0.15) is 10.5 Å². The van der Waals surface area contributed by atoms with Crippen LogP contribution in [0.15, 0.2) is 104 Å². The summed E-state index contributed by atoms with van der Waals surface area (Å²) in [4.78, 5) is 3.73. The molecule has 2 aromatic rings. The smallest absolute Gasteiger partial charge is 0.151 e. The monoisotopic (exact) mass is 376 g/mol. The van der Waals surface area contributed by atoms with Crippen LogP contribution in [0.25, 0.3) is 0 Å². The van der Waals surface area contributed by atoms with Crippen LogP contribution in [0.1, 0.15) is 0 Å². The third-order valence-corrected chi connectivity index (χ3v) is 5.27. The molecule has 2 aromatic carbocycles. The summed E-state index contributed by atoms with van der Waals surface area (Å²) in [5, 5.41) is 20.8. The van der Waals surface area contributed by atoms with E-state index in [1.807, 2.05) is 66.7 Å². The fourth-order valence-corrected chi connectivity index (χ4v) is 3.59. The molecule has 26 heavy (non-hydrogen) atoms. The van der Waals surface area contributed by atoms with Crippen LogP contribution in [0.4, 0.5) is 0 Å². The fourth-order valence-electron chi connectivity index (χ4n) is 1.83. The summed E-state index contributed by atoms with van der Waals surface area (Å²) in [6.45, 7) is 4.15. The van der Waals surface area contributed by atoms with Crippen molar-refractivity contribution in [3.63, 3.8) is 0 Å². The number of nitrogens with one attached hydrogen (secondary N) is 1. The minimum atomic E-state index is -0.158. The Labute approximate surface area is 161 Å². The summed E-state index contributed by atoms with van der Waals surface area (Å²) in [5.41, 5.74) is 5.39. The molecule has 3 N–H and O–H groups in total. The van der Waals surface area contributed by atoms with Crippen molar-refractivity contribution >= 4 is 23.5 Å². The van der Waals surface area contributed by atoms with E-state index in [9.17, 15) is 0 Å². The van der Waals surface area contributed by atoms with E-state index < -0.39 is 0 Å². The van der Waals surface area contributed by atoms with E-state index >= 15 is 0 Å². The molecule has 0 amide bonds. The highest BCUT2D eigenvalue weighted by atomic mass is 32.2. The summed E-state index contributed by atoms with van der Waals surface area (Å²) in [5.74, 6) is 0. The first-order valence-corrected chi connectivity index (χ1v) is 9.19. The van der Waals surface area contributed by atoms with Crippen molar-refractivity contribution in [3.8, 4) is 12.1 Å². The van der Waals surface area contributed by atoms with E-state index in [1.54, 1.807) is 12.3 Å². The Morgan fingerprint density at radius 3 is 1.96 bits per heavy atom. The number of hydrogen-bond donors (Lipinski definition) is 2. The number of thioether (sulfide) groups is 2. The first-order valence-electron chi connectivity index (χ1n) is 7.55. The molecule has 0 unspecified atom stereocenters. The van der Waals surface area contributed by atoms with E-state index in [1.165, 1.54) is 23.5 Å². The molecule has 6 heteroatoms. The lowest BCUT2D eigenvalue weighted by Crippen LogP contribution is -2.11. The predicted molar refractivity (Wildman–Crippen MR) is 107 cm³/mol. The molecule has 0 spiro atoms. The van der Waals surface area contributed by atoms with E-state index in [0.29, 0.717) is 0 Å². The molecule has 0 aromatic heterocycles. The number of nitrogens with zero attached hydrogens (tertiary/aromatic N) is 2. The highest BCUT2D eigenvalue weighted by molar-refractivity contribution is 8.08. The number of hydrogen-bond acceptors (Lipinski definition) is 6. The van der Waals surface area contributed by atoms with Gasteiger partial charge in [0.2, 0.25) is 0 Å². The number of nitrogens with two attached hydrogens (primary N) is 1. The maximum Gasteiger partial charge on any atom is 0.151 e. The number of allylic oxidation sites excluding steroid dienone is 2. The van der Waals surface area contributed by atoms with Gasteiger partial charge in [0.25, 0.3) is 0 Å². The summed E-state index contributed by atoms with van der Waals surface area (Å²) >= 11 is 3.04. The van der Waals surface area contributed by atoms with Gasteiger partial charge in [0.05, 0.1) is 0 Å². The molecule has 0 fully saturated rings. The molecular weight excluding hydrogens is 360 g/mol. The first-order chi connectivity index (χ1) is 12.6. The van der Waals surface area contributed by atoms with E-state index in [2.05, 4.69) is 11.9 Å². The van der Waals surface area contributed by atoms with Gasteiger partial charge in [-0.05, 0) is 24.3 Å². The van der Waals surface area contributed by atoms with E-state index in [-0.39, 0.29) is 11.4 Å². The second kappa shape index (κ2) is 10.0. The largest absolute Gasteiger partial charge is 0.388 e. The molecule has 0 radical (unpaired) electrons. The first kappa shape index (κ1) is 19.3. The molecule has 0 atom stereocenters. The number of benzene rings is 2. The van der Waals surface area contributed by atoms with Crippen molar-refractivity contribution in [1.82, 2.24) is 5.32 Å². The van der Waals surface area contributed by atoms with Crippen molar-refractivity contribution in [3.05, 3.63) is 94.6 Å². The summed E-state index contributed by atoms with van der Waals surface area (Å²) in [6, 6.07) is 23.4. The average Bonchev–Trinajstić information content (AvgIpc) is 2.68. The van der Waals surface area contributed by atoms with Crippen molar-refractivity contribution < 1.29 is 0 Å². The summed E-state index contributed by atoms with van der Waals surface area (Å²) in [7, 11) is 0. The Morgan fingerprint density at radius 1 is 0.923 bits per heavy atom. The van der Waals surface area contributed by atoms with Gasteiger partial charge in [-0.3, -0.25) is 0 Å². The zero-order valence-corrected chi connectivity index (χ0v) is 15.5. The number of rotatable bonds is 7. The normalized spacial score (nSPS) is 11.7. The van der Waals surface area contributed by atoms with Crippen LogP contribution in [0.3, 0.4) is 0 Å². The lowest BCUT2D eigenvalue weighted by atomic mass is 10.3. The Bertz CT molecular complexity index is 904. The molecule has 128 valence electrons. The van der Waals surface area contributed by atoms with Crippen LogP contribution < -0.4 is 11.1 Å². The lowest BCUT2D eigenvalue weighted by Gasteiger charge is -2.11. The molecule has 0 saturated heterocycles. The molecule has 0 heterocycles. The fraction of sp³-hybridized carbons (Fsp3) is 0.